The Morgan fingerprint density at radius 2 is 2.09 bits per heavy atom. The second-order valence-electron chi connectivity index (χ2n) is 5.19. The van der Waals surface area contributed by atoms with E-state index in [-0.39, 0.29) is 11.8 Å². The molecule has 1 aliphatic rings. The number of aromatic nitrogens is 2. The number of hydrogen-bond acceptors (Lipinski definition) is 3. The number of nitrogens with one attached hydrogen (secondary N) is 1. The van der Waals surface area contributed by atoms with Crippen LogP contribution in [0.5, 0.6) is 0 Å². The van der Waals surface area contributed by atoms with Crippen LogP contribution in [0.2, 0.25) is 0 Å². The van der Waals surface area contributed by atoms with Crippen LogP contribution in [-0.4, -0.2) is 15.5 Å². The second-order valence-corrected chi connectivity index (χ2v) is 6.88. The van der Waals surface area contributed by atoms with Crippen LogP contribution in [0, 0.1) is 0 Å². The molecule has 0 bridgehead atoms. The third-order valence-corrected chi connectivity index (χ3v) is 5.05. The van der Waals surface area contributed by atoms with Crippen LogP contribution < -0.4 is 5.32 Å². The fourth-order valence-electron chi connectivity index (χ4n) is 2.75. The molecule has 0 saturated heterocycles. The molecule has 3 heterocycles. The normalized spacial score (nSPS) is 17.1. The van der Waals surface area contributed by atoms with Crippen LogP contribution in [-0.2, 0) is 4.79 Å². The van der Waals surface area contributed by atoms with Crippen molar-refractivity contribution in [2.24, 2.45) is 0 Å². The molecular formula is C16H12BrN3OS. The van der Waals surface area contributed by atoms with E-state index in [2.05, 4.69) is 37.7 Å². The van der Waals surface area contributed by atoms with E-state index in [4.69, 9.17) is 0 Å². The first-order valence-electron chi connectivity index (χ1n) is 6.87. The van der Waals surface area contributed by atoms with Crippen LogP contribution in [0.4, 0.5) is 5.82 Å². The van der Waals surface area contributed by atoms with Gasteiger partial charge in [0.15, 0.2) is 0 Å². The van der Waals surface area contributed by atoms with Gasteiger partial charge in [-0.15, -0.1) is 0 Å². The lowest BCUT2D eigenvalue weighted by Crippen LogP contribution is -2.24. The Labute approximate surface area is 139 Å². The van der Waals surface area contributed by atoms with Gasteiger partial charge in [0, 0.05) is 22.5 Å². The highest BCUT2D eigenvalue weighted by Gasteiger charge is 2.31. The van der Waals surface area contributed by atoms with E-state index < -0.39 is 0 Å². The van der Waals surface area contributed by atoms with Crippen molar-refractivity contribution in [3.8, 4) is 5.69 Å². The molecule has 2 aromatic heterocycles. The van der Waals surface area contributed by atoms with E-state index in [1.54, 1.807) is 17.7 Å². The highest BCUT2D eigenvalue weighted by Crippen LogP contribution is 2.37. The molecule has 4 rings (SSSR count). The minimum Gasteiger partial charge on any atom is -0.310 e. The molecule has 110 valence electrons. The highest BCUT2D eigenvalue weighted by molar-refractivity contribution is 9.10. The van der Waals surface area contributed by atoms with E-state index in [9.17, 15) is 4.79 Å². The van der Waals surface area contributed by atoms with Crippen molar-refractivity contribution in [1.82, 2.24) is 9.55 Å². The maximum Gasteiger partial charge on any atom is 0.226 e. The van der Waals surface area contributed by atoms with Crippen molar-refractivity contribution >= 4 is 39.0 Å². The molecule has 0 fully saturated rings. The first-order valence-corrected chi connectivity index (χ1v) is 8.61. The van der Waals surface area contributed by atoms with Crippen LogP contribution >= 0.6 is 27.3 Å². The summed E-state index contributed by atoms with van der Waals surface area (Å²) in [7, 11) is 0. The number of thiophene rings is 1. The summed E-state index contributed by atoms with van der Waals surface area (Å²) in [5, 5.41) is 7.09. The molecule has 0 aliphatic carbocycles. The molecule has 1 amide bonds. The van der Waals surface area contributed by atoms with Crippen molar-refractivity contribution in [2.45, 2.75) is 12.3 Å². The van der Waals surface area contributed by atoms with Gasteiger partial charge in [-0.2, -0.15) is 11.3 Å². The summed E-state index contributed by atoms with van der Waals surface area (Å²) in [4.78, 5) is 16.7. The van der Waals surface area contributed by atoms with Crippen LogP contribution in [0.1, 0.15) is 23.6 Å². The standard InChI is InChI=1S/C16H12BrN3OS/c17-11-1-3-12(4-2-11)20-9-18-15-13(10-5-6-22-8-10)7-14(21)19-16(15)20/h1-6,8-9,13H,7H2,(H,19,21)/t13-/m1/s1. The van der Waals surface area contributed by atoms with E-state index in [1.807, 2.05) is 34.2 Å². The molecular weight excluding hydrogens is 362 g/mol. The zero-order valence-corrected chi connectivity index (χ0v) is 13.9. The molecule has 1 N–H and O–H groups in total. The first kappa shape index (κ1) is 13.7. The lowest BCUT2D eigenvalue weighted by molar-refractivity contribution is -0.116. The van der Waals surface area contributed by atoms with E-state index in [0.29, 0.717) is 6.42 Å². The maximum absolute atomic E-state index is 12.1. The van der Waals surface area contributed by atoms with Gasteiger partial charge in [-0.25, -0.2) is 4.98 Å². The predicted molar refractivity (Wildman–Crippen MR) is 90.7 cm³/mol. The number of nitrogens with zero attached hydrogens (tertiary/aromatic N) is 2. The molecule has 0 radical (unpaired) electrons. The number of amides is 1. The second kappa shape index (κ2) is 5.37. The molecule has 0 spiro atoms. The molecule has 0 saturated carbocycles. The molecule has 1 atom stereocenters. The summed E-state index contributed by atoms with van der Waals surface area (Å²) in [6.07, 6.45) is 2.22. The molecule has 22 heavy (non-hydrogen) atoms. The molecule has 1 aliphatic heterocycles. The quantitative estimate of drug-likeness (QED) is 0.732. The topological polar surface area (TPSA) is 46.9 Å². The average molecular weight is 374 g/mol. The van der Waals surface area contributed by atoms with Crippen LogP contribution in [0.15, 0.2) is 51.9 Å². The number of benzene rings is 1. The first-order chi connectivity index (χ1) is 10.7. The number of halogens is 1. The van der Waals surface area contributed by atoms with Crippen molar-refractivity contribution in [1.29, 1.82) is 0 Å². The number of hydrogen-bond donors (Lipinski definition) is 1. The van der Waals surface area contributed by atoms with Crippen molar-refractivity contribution < 1.29 is 4.79 Å². The number of rotatable bonds is 2. The number of carbonyl (C=O) groups is 1. The van der Waals surface area contributed by atoms with Gasteiger partial charge in [-0.05, 0) is 46.7 Å². The zero-order valence-electron chi connectivity index (χ0n) is 11.5. The summed E-state index contributed by atoms with van der Waals surface area (Å²) in [5.41, 5.74) is 3.06. The Balaban J connectivity index is 1.82. The molecule has 4 nitrogen and oxygen atoms in total. The number of carbonyl (C=O) groups excluding carboxylic acids is 1. The lowest BCUT2D eigenvalue weighted by Gasteiger charge is -2.22. The van der Waals surface area contributed by atoms with Gasteiger partial charge < -0.3 is 5.32 Å². The van der Waals surface area contributed by atoms with Gasteiger partial charge in [-0.1, -0.05) is 15.9 Å². The summed E-state index contributed by atoms with van der Waals surface area (Å²) < 4.78 is 2.95. The Kier molecular flexibility index (Phi) is 3.35. The smallest absolute Gasteiger partial charge is 0.226 e. The van der Waals surface area contributed by atoms with Gasteiger partial charge in [0.05, 0.1) is 5.69 Å². The summed E-state index contributed by atoms with van der Waals surface area (Å²) >= 11 is 5.08. The van der Waals surface area contributed by atoms with Gasteiger partial charge in [0.25, 0.3) is 0 Å². The minimum atomic E-state index is 0.0301. The van der Waals surface area contributed by atoms with Gasteiger partial charge >= 0.3 is 0 Å². The van der Waals surface area contributed by atoms with Crippen molar-refractivity contribution in [3.63, 3.8) is 0 Å². The fourth-order valence-corrected chi connectivity index (χ4v) is 3.73. The molecule has 6 heteroatoms. The van der Waals surface area contributed by atoms with Gasteiger partial charge in [0.2, 0.25) is 5.91 Å². The van der Waals surface area contributed by atoms with Crippen molar-refractivity contribution in [2.75, 3.05) is 5.32 Å². The third-order valence-electron chi connectivity index (χ3n) is 3.82. The maximum atomic E-state index is 12.1. The van der Waals surface area contributed by atoms with Crippen LogP contribution in [0.3, 0.4) is 0 Å². The van der Waals surface area contributed by atoms with Gasteiger partial charge in [-0.3, -0.25) is 9.36 Å². The highest BCUT2D eigenvalue weighted by atomic mass is 79.9. The Bertz CT molecular complexity index is 824. The monoisotopic (exact) mass is 373 g/mol. The average Bonchev–Trinajstić information content (AvgIpc) is 3.16. The SMILES string of the molecule is O=C1C[C@H](c2ccsc2)c2ncn(-c3ccc(Br)cc3)c2N1. The van der Waals surface area contributed by atoms with Crippen molar-refractivity contribution in [3.05, 3.63) is 63.1 Å². The fraction of sp³-hybridized carbons (Fsp3) is 0.125. The summed E-state index contributed by atoms with van der Waals surface area (Å²) in [6, 6.07) is 10.0. The largest absolute Gasteiger partial charge is 0.310 e. The molecule has 1 aromatic carbocycles. The Morgan fingerprint density at radius 3 is 2.82 bits per heavy atom. The van der Waals surface area contributed by atoms with E-state index in [0.717, 1.165) is 27.2 Å². The number of fused-ring (bicyclic) bond motifs is 1. The van der Waals surface area contributed by atoms with E-state index >= 15 is 0 Å². The Hall–Kier alpha value is -1.92. The Morgan fingerprint density at radius 1 is 1.27 bits per heavy atom. The molecule has 3 aromatic rings. The van der Waals surface area contributed by atoms with E-state index in [1.165, 1.54) is 0 Å². The third kappa shape index (κ3) is 2.28. The molecule has 0 unspecified atom stereocenters. The summed E-state index contributed by atoms with van der Waals surface area (Å²) in [5.74, 6) is 0.837. The van der Waals surface area contributed by atoms with Crippen LogP contribution in [0.25, 0.3) is 5.69 Å². The number of anilines is 1. The number of imidazole rings is 1. The minimum absolute atomic E-state index is 0.0301. The summed E-state index contributed by atoms with van der Waals surface area (Å²) in [6.45, 7) is 0. The van der Waals surface area contributed by atoms with Gasteiger partial charge in [0.1, 0.15) is 12.1 Å². The predicted octanol–water partition coefficient (Wildman–Crippen LogP) is 4.17. The lowest BCUT2D eigenvalue weighted by atomic mass is 9.92. The zero-order chi connectivity index (χ0) is 15.1.